The van der Waals surface area contributed by atoms with Crippen molar-refractivity contribution in [3.05, 3.63) is 0 Å². The minimum absolute atomic E-state index is 0.135. The Labute approximate surface area is 96.0 Å². The summed E-state index contributed by atoms with van der Waals surface area (Å²) in [5.41, 5.74) is -1.96. The maximum atomic E-state index is 13.9. The van der Waals surface area contributed by atoms with Crippen LogP contribution in [0.3, 0.4) is 0 Å². The van der Waals surface area contributed by atoms with E-state index in [9.17, 15) is 13.8 Å². The van der Waals surface area contributed by atoms with E-state index >= 15 is 0 Å². The lowest BCUT2D eigenvalue weighted by Crippen LogP contribution is -2.33. The zero-order valence-corrected chi connectivity index (χ0v) is 11.2. The normalized spacial score (nSPS) is 15.8. The van der Waals surface area contributed by atoms with Crippen LogP contribution in [0.2, 0.25) is 0 Å². The molecule has 0 amide bonds. The first-order valence-corrected chi connectivity index (χ1v) is 6.97. The predicted octanol–water partition coefficient (Wildman–Crippen LogP) is 2.96. The average molecular weight is 254 g/mol. The Morgan fingerprint density at radius 2 is 1.88 bits per heavy atom. The van der Waals surface area contributed by atoms with Crippen LogP contribution in [0.25, 0.3) is 0 Å². The van der Waals surface area contributed by atoms with Crippen molar-refractivity contribution in [2.24, 2.45) is 0 Å². The Balaban J connectivity index is 4.50. The van der Waals surface area contributed by atoms with E-state index in [2.05, 4.69) is 9.05 Å². The van der Waals surface area contributed by atoms with Crippen molar-refractivity contribution in [1.82, 2.24) is 0 Å². The second-order valence-corrected chi connectivity index (χ2v) is 6.13. The molecule has 0 aromatic rings. The molecule has 4 nitrogen and oxygen atoms in total. The number of unbranched alkanes of at least 4 members (excludes halogenated alkanes) is 1. The fraction of sp³-hybridized carbons (Fsp3) is 0.900. The molecule has 96 valence electrons. The van der Waals surface area contributed by atoms with E-state index in [0.29, 0.717) is 6.42 Å². The third-order valence-electron chi connectivity index (χ3n) is 2.47. The lowest BCUT2D eigenvalue weighted by molar-refractivity contribution is -0.127. The van der Waals surface area contributed by atoms with E-state index in [1.54, 1.807) is 0 Å². The smallest absolute Gasteiger partial charge is 0.312 e. The zero-order valence-electron chi connectivity index (χ0n) is 10.3. The van der Waals surface area contributed by atoms with Crippen LogP contribution in [0.15, 0.2) is 0 Å². The highest BCUT2D eigenvalue weighted by Gasteiger charge is 2.37. The second kappa shape index (κ2) is 6.48. The summed E-state index contributed by atoms with van der Waals surface area (Å²) in [6.45, 7) is 3.12. The standard InChI is InChI=1S/C10H20FO4P/c1-5-6-7-10(2,11)9(12)8-16(13,14-3)15-4/h5-8H2,1-4H3. The predicted molar refractivity (Wildman–Crippen MR) is 60.5 cm³/mol. The first-order valence-electron chi connectivity index (χ1n) is 5.24. The van der Waals surface area contributed by atoms with E-state index in [0.717, 1.165) is 6.42 Å². The third kappa shape index (κ3) is 4.73. The Kier molecular flexibility index (Phi) is 6.38. The van der Waals surface area contributed by atoms with E-state index in [1.807, 2.05) is 6.92 Å². The van der Waals surface area contributed by atoms with Crippen LogP contribution >= 0.6 is 7.60 Å². The molecule has 0 aromatic heterocycles. The van der Waals surface area contributed by atoms with Crippen molar-refractivity contribution >= 4 is 13.4 Å². The number of hydrogen-bond acceptors (Lipinski definition) is 4. The molecule has 0 heterocycles. The quantitative estimate of drug-likeness (QED) is 0.625. The molecule has 0 saturated heterocycles. The molecule has 1 unspecified atom stereocenters. The monoisotopic (exact) mass is 254 g/mol. The first kappa shape index (κ1) is 15.8. The number of halogens is 1. The molecule has 0 spiro atoms. The van der Waals surface area contributed by atoms with Gasteiger partial charge in [0.05, 0.1) is 0 Å². The fourth-order valence-corrected chi connectivity index (χ4v) is 2.28. The summed E-state index contributed by atoms with van der Waals surface area (Å²) in [5.74, 6) is -0.729. The lowest BCUT2D eigenvalue weighted by atomic mass is 9.97. The van der Waals surface area contributed by atoms with E-state index in [1.165, 1.54) is 21.1 Å². The SMILES string of the molecule is CCCCC(C)(F)C(=O)CP(=O)(OC)OC. The second-order valence-electron chi connectivity index (χ2n) is 3.86. The number of ketones is 1. The molecular weight excluding hydrogens is 234 g/mol. The van der Waals surface area contributed by atoms with Crippen LogP contribution in [0, 0.1) is 0 Å². The average Bonchev–Trinajstić information content (AvgIpc) is 2.26. The van der Waals surface area contributed by atoms with Crippen molar-refractivity contribution in [3.63, 3.8) is 0 Å². The summed E-state index contributed by atoms with van der Waals surface area (Å²) in [7, 11) is -1.10. The summed E-state index contributed by atoms with van der Waals surface area (Å²) in [6.07, 6.45) is 1.04. The number of Topliss-reactive ketones (excluding diaryl/α,β-unsaturated/α-hetero) is 1. The molecule has 0 aliphatic carbocycles. The van der Waals surface area contributed by atoms with Gasteiger partial charge in [-0.2, -0.15) is 0 Å². The van der Waals surface area contributed by atoms with Crippen LogP contribution in [0.5, 0.6) is 0 Å². The van der Waals surface area contributed by atoms with Crippen molar-refractivity contribution in [2.75, 3.05) is 20.4 Å². The summed E-state index contributed by atoms with van der Waals surface area (Å²) in [5, 5.41) is 0. The van der Waals surface area contributed by atoms with Gasteiger partial charge < -0.3 is 9.05 Å². The van der Waals surface area contributed by atoms with Crippen molar-refractivity contribution in [1.29, 1.82) is 0 Å². The highest BCUT2D eigenvalue weighted by Crippen LogP contribution is 2.47. The zero-order chi connectivity index (χ0) is 12.8. The van der Waals surface area contributed by atoms with Crippen molar-refractivity contribution in [2.45, 2.75) is 38.8 Å². The Hall–Kier alpha value is -0.250. The highest BCUT2D eigenvalue weighted by atomic mass is 31.2. The van der Waals surface area contributed by atoms with Gasteiger partial charge in [-0.25, -0.2) is 4.39 Å². The number of rotatable bonds is 8. The minimum atomic E-state index is -3.46. The van der Waals surface area contributed by atoms with E-state index in [-0.39, 0.29) is 6.42 Å². The number of hydrogen-bond donors (Lipinski definition) is 0. The van der Waals surface area contributed by atoms with Gasteiger partial charge >= 0.3 is 7.60 Å². The molecule has 0 aliphatic rings. The maximum Gasteiger partial charge on any atom is 0.337 e. The van der Waals surface area contributed by atoms with Gasteiger partial charge in [0.1, 0.15) is 6.16 Å². The Morgan fingerprint density at radius 3 is 2.25 bits per heavy atom. The van der Waals surface area contributed by atoms with E-state index in [4.69, 9.17) is 0 Å². The molecular formula is C10H20FO4P. The topological polar surface area (TPSA) is 52.6 Å². The maximum absolute atomic E-state index is 13.9. The van der Waals surface area contributed by atoms with Crippen LogP contribution < -0.4 is 0 Å². The number of carbonyl (C=O) groups excluding carboxylic acids is 1. The summed E-state index contributed by atoms with van der Waals surface area (Å²) >= 11 is 0. The molecule has 6 heteroatoms. The Bertz CT molecular complexity index is 270. The molecule has 0 radical (unpaired) electrons. The molecule has 16 heavy (non-hydrogen) atoms. The van der Waals surface area contributed by atoms with Crippen LogP contribution in [-0.4, -0.2) is 31.8 Å². The summed E-state index contributed by atoms with van der Waals surface area (Å²) < 4.78 is 34.7. The van der Waals surface area contributed by atoms with Gasteiger partial charge in [0.2, 0.25) is 0 Å². The summed E-state index contributed by atoms with van der Waals surface area (Å²) in [4.78, 5) is 11.6. The highest BCUT2D eigenvalue weighted by molar-refractivity contribution is 7.54. The van der Waals surface area contributed by atoms with Gasteiger partial charge in [-0.05, 0) is 13.3 Å². The summed E-state index contributed by atoms with van der Waals surface area (Å²) in [6, 6.07) is 0. The first-order chi connectivity index (χ1) is 7.31. The molecule has 0 rings (SSSR count). The van der Waals surface area contributed by atoms with E-state index < -0.39 is 25.2 Å². The number of carbonyl (C=O) groups is 1. The molecule has 0 N–H and O–H groups in total. The van der Waals surface area contributed by atoms with Gasteiger partial charge in [0.15, 0.2) is 11.5 Å². The largest absolute Gasteiger partial charge is 0.337 e. The van der Waals surface area contributed by atoms with Gasteiger partial charge in [0.25, 0.3) is 0 Å². The van der Waals surface area contributed by atoms with Gasteiger partial charge in [-0.3, -0.25) is 9.36 Å². The molecule has 0 saturated carbocycles. The molecule has 0 aliphatic heterocycles. The molecule has 1 atom stereocenters. The van der Waals surface area contributed by atoms with Crippen LogP contribution in [0.4, 0.5) is 4.39 Å². The van der Waals surface area contributed by atoms with Gasteiger partial charge in [0, 0.05) is 14.2 Å². The number of alkyl halides is 1. The Morgan fingerprint density at radius 1 is 1.38 bits per heavy atom. The third-order valence-corrected chi connectivity index (χ3v) is 4.26. The molecule has 0 aromatic carbocycles. The van der Waals surface area contributed by atoms with Crippen molar-refractivity contribution in [3.8, 4) is 0 Å². The fourth-order valence-electron chi connectivity index (χ4n) is 1.19. The van der Waals surface area contributed by atoms with Crippen LogP contribution in [-0.2, 0) is 18.4 Å². The van der Waals surface area contributed by atoms with Gasteiger partial charge in [-0.1, -0.05) is 19.8 Å². The van der Waals surface area contributed by atoms with Gasteiger partial charge in [-0.15, -0.1) is 0 Å². The lowest BCUT2D eigenvalue weighted by Gasteiger charge is -2.21. The molecule has 0 fully saturated rings. The molecule has 0 bridgehead atoms. The minimum Gasteiger partial charge on any atom is -0.312 e. The van der Waals surface area contributed by atoms with Crippen LogP contribution in [0.1, 0.15) is 33.1 Å². The van der Waals surface area contributed by atoms with Crippen molar-refractivity contribution < 1.29 is 22.8 Å².